The summed E-state index contributed by atoms with van der Waals surface area (Å²) in [6.45, 7) is 0. The van der Waals surface area contributed by atoms with Crippen molar-refractivity contribution in [2.24, 2.45) is 0 Å². The second kappa shape index (κ2) is 8.73. The second-order valence-electron chi connectivity index (χ2n) is 6.19. The summed E-state index contributed by atoms with van der Waals surface area (Å²) in [6.07, 6.45) is 3.30. The molecule has 4 rings (SSSR count). The molecule has 0 saturated carbocycles. The van der Waals surface area contributed by atoms with Crippen molar-refractivity contribution in [1.29, 1.82) is 0 Å². The molecule has 5 nitrogen and oxygen atoms in total. The lowest BCUT2D eigenvalue weighted by Gasteiger charge is -2.10. The van der Waals surface area contributed by atoms with Crippen molar-refractivity contribution in [1.82, 2.24) is 19.7 Å². The molecule has 0 atom stereocenters. The highest BCUT2D eigenvalue weighted by Crippen LogP contribution is 2.29. The number of aromatic nitrogens is 4. The minimum atomic E-state index is -1.06. The third-order valence-corrected chi connectivity index (χ3v) is 5.41. The Balaban J connectivity index is 1.66. The largest absolute Gasteiger partial charge is 0.293 e. The molecular formula is C21H13ClF2N4OS. The van der Waals surface area contributed by atoms with E-state index in [1.807, 2.05) is 12.1 Å². The topological polar surface area (TPSA) is 60.7 Å². The van der Waals surface area contributed by atoms with Gasteiger partial charge in [-0.3, -0.25) is 14.3 Å². The molecule has 0 aliphatic rings. The molecule has 0 unspecified atom stereocenters. The zero-order valence-corrected chi connectivity index (χ0v) is 16.9. The summed E-state index contributed by atoms with van der Waals surface area (Å²) in [7, 11) is 0. The van der Waals surface area contributed by atoms with Gasteiger partial charge < -0.3 is 0 Å². The van der Waals surface area contributed by atoms with E-state index >= 15 is 0 Å². The average Bonchev–Trinajstić information content (AvgIpc) is 3.19. The Morgan fingerprint density at radius 1 is 0.967 bits per heavy atom. The van der Waals surface area contributed by atoms with Gasteiger partial charge in [0.25, 0.3) is 0 Å². The maximum Gasteiger partial charge on any atom is 0.196 e. The minimum Gasteiger partial charge on any atom is -0.293 e. The first kappa shape index (κ1) is 20.2. The van der Waals surface area contributed by atoms with Gasteiger partial charge in [-0.2, -0.15) is 0 Å². The summed E-state index contributed by atoms with van der Waals surface area (Å²) in [6, 6.07) is 13.8. The number of rotatable bonds is 6. The third-order valence-electron chi connectivity index (χ3n) is 4.23. The van der Waals surface area contributed by atoms with E-state index in [9.17, 15) is 13.6 Å². The normalized spacial score (nSPS) is 10.9. The first-order chi connectivity index (χ1) is 14.5. The Hall–Kier alpha value is -3.10. The SMILES string of the molecule is O=C(CSc1nnc(-c2ccncc2)n1-c1ccc(Cl)cc1)c1ccc(F)c(F)c1. The van der Waals surface area contributed by atoms with Crippen LogP contribution >= 0.6 is 23.4 Å². The van der Waals surface area contributed by atoms with Crippen molar-refractivity contribution in [3.63, 3.8) is 0 Å². The van der Waals surface area contributed by atoms with Gasteiger partial charge in [-0.1, -0.05) is 23.4 Å². The van der Waals surface area contributed by atoms with Gasteiger partial charge in [-0.25, -0.2) is 8.78 Å². The number of benzene rings is 2. The molecule has 30 heavy (non-hydrogen) atoms. The van der Waals surface area contributed by atoms with E-state index in [1.165, 1.54) is 6.07 Å². The van der Waals surface area contributed by atoms with Crippen LogP contribution < -0.4 is 0 Å². The van der Waals surface area contributed by atoms with Crippen LogP contribution in [-0.2, 0) is 0 Å². The van der Waals surface area contributed by atoms with Crippen LogP contribution in [0.15, 0.2) is 72.1 Å². The molecule has 2 heterocycles. The predicted octanol–water partition coefficient (Wildman–Crippen LogP) is 5.24. The molecule has 9 heteroatoms. The lowest BCUT2D eigenvalue weighted by molar-refractivity contribution is 0.102. The van der Waals surface area contributed by atoms with Crippen molar-refractivity contribution in [3.05, 3.63) is 89.2 Å². The van der Waals surface area contributed by atoms with Gasteiger partial charge in [0.15, 0.2) is 28.4 Å². The first-order valence-electron chi connectivity index (χ1n) is 8.76. The Kier molecular flexibility index (Phi) is 5.87. The van der Waals surface area contributed by atoms with Crippen LogP contribution in [0.5, 0.6) is 0 Å². The maximum atomic E-state index is 13.4. The standard InChI is InChI=1S/C21H13ClF2N4OS/c22-15-2-4-16(5-3-15)28-20(13-7-9-25-10-8-13)26-27-21(28)30-12-19(29)14-1-6-17(23)18(24)11-14/h1-11H,12H2. The fourth-order valence-electron chi connectivity index (χ4n) is 2.76. The van der Waals surface area contributed by atoms with E-state index in [2.05, 4.69) is 15.2 Å². The van der Waals surface area contributed by atoms with Gasteiger partial charge in [-0.15, -0.1) is 10.2 Å². The van der Waals surface area contributed by atoms with Gasteiger partial charge in [-0.05, 0) is 54.6 Å². The Morgan fingerprint density at radius 2 is 1.70 bits per heavy atom. The summed E-state index contributed by atoms with van der Waals surface area (Å²) in [4.78, 5) is 16.5. The summed E-state index contributed by atoms with van der Waals surface area (Å²) in [5, 5.41) is 9.55. The van der Waals surface area contributed by atoms with Crippen LogP contribution in [0.3, 0.4) is 0 Å². The monoisotopic (exact) mass is 442 g/mol. The Morgan fingerprint density at radius 3 is 2.40 bits per heavy atom. The van der Waals surface area contributed by atoms with E-state index in [4.69, 9.17) is 11.6 Å². The summed E-state index contributed by atoms with van der Waals surface area (Å²) >= 11 is 7.16. The van der Waals surface area contributed by atoms with Gasteiger partial charge in [0.2, 0.25) is 0 Å². The number of pyridine rings is 1. The highest BCUT2D eigenvalue weighted by Gasteiger charge is 2.18. The summed E-state index contributed by atoms with van der Waals surface area (Å²) in [5.74, 6) is -1.86. The van der Waals surface area contributed by atoms with Gasteiger partial charge in [0.05, 0.1) is 5.75 Å². The van der Waals surface area contributed by atoms with Crippen LogP contribution in [0, 0.1) is 11.6 Å². The Labute approximate surface area is 179 Å². The number of hydrogen-bond acceptors (Lipinski definition) is 5. The minimum absolute atomic E-state index is 0.0207. The van der Waals surface area contributed by atoms with Crippen molar-refractivity contribution >= 4 is 29.1 Å². The summed E-state index contributed by atoms with van der Waals surface area (Å²) < 4.78 is 28.4. The number of nitrogens with zero attached hydrogens (tertiary/aromatic N) is 4. The molecule has 0 fully saturated rings. The quantitative estimate of drug-likeness (QED) is 0.302. The molecule has 150 valence electrons. The number of carbonyl (C=O) groups is 1. The third kappa shape index (κ3) is 4.24. The molecule has 0 aliphatic carbocycles. The second-order valence-corrected chi connectivity index (χ2v) is 7.57. The van der Waals surface area contributed by atoms with E-state index < -0.39 is 11.6 Å². The fourth-order valence-corrected chi connectivity index (χ4v) is 3.73. The van der Waals surface area contributed by atoms with E-state index in [-0.39, 0.29) is 17.1 Å². The maximum absolute atomic E-state index is 13.4. The fraction of sp³-hybridized carbons (Fsp3) is 0.0476. The molecule has 2 aromatic heterocycles. The number of carbonyl (C=O) groups excluding carboxylic acids is 1. The first-order valence-corrected chi connectivity index (χ1v) is 10.1. The number of hydrogen-bond donors (Lipinski definition) is 0. The number of halogens is 3. The molecule has 0 amide bonds. The molecule has 0 aliphatic heterocycles. The van der Waals surface area contributed by atoms with Gasteiger partial charge in [0.1, 0.15) is 0 Å². The van der Waals surface area contributed by atoms with Crippen LogP contribution in [0.2, 0.25) is 5.02 Å². The van der Waals surface area contributed by atoms with E-state index in [0.29, 0.717) is 16.0 Å². The zero-order chi connectivity index (χ0) is 21.1. The molecule has 0 radical (unpaired) electrons. The number of ketones is 1. The van der Waals surface area contributed by atoms with E-state index in [0.717, 1.165) is 35.1 Å². The van der Waals surface area contributed by atoms with Gasteiger partial charge >= 0.3 is 0 Å². The summed E-state index contributed by atoms with van der Waals surface area (Å²) in [5.41, 5.74) is 1.65. The van der Waals surface area contributed by atoms with Crippen LogP contribution in [-0.4, -0.2) is 31.3 Å². The molecule has 2 aromatic carbocycles. The molecule has 0 bridgehead atoms. The smallest absolute Gasteiger partial charge is 0.196 e. The van der Waals surface area contributed by atoms with Crippen molar-refractivity contribution < 1.29 is 13.6 Å². The number of Topliss-reactive ketones (excluding diaryl/α,β-unsaturated/α-hetero) is 1. The molecular weight excluding hydrogens is 430 g/mol. The van der Waals surface area contributed by atoms with Crippen LogP contribution in [0.1, 0.15) is 10.4 Å². The molecule has 0 spiro atoms. The Bertz CT molecular complexity index is 1200. The van der Waals surface area contributed by atoms with Crippen molar-refractivity contribution in [2.45, 2.75) is 5.16 Å². The molecule has 0 N–H and O–H groups in total. The van der Waals surface area contributed by atoms with Crippen LogP contribution in [0.4, 0.5) is 8.78 Å². The lowest BCUT2D eigenvalue weighted by Crippen LogP contribution is -2.06. The van der Waals surface area contributed by atoms with Crippen molar-refractivity contribution in [2.75, 3.05) is 5.75 Å². The van der Waals surface area contributed by atoms with Crippen molar-refractivity contribution in [3.8, 4) is 17.1 Å². The lowest BCUT2D eigenvalue weighted by atomic mass is 10.1. The highest BCUT2D eigenvalue weighted by molar-refractivity contribution is 7.99. The molecule has 4 aromatic rings. The zero-order valence-electron chi connectivity index (χ0n) is 15.3. The average molecular weight is 443 g/mol. The van der Waals surface area contributed by atoms with Crippen LogP contribution in [0.25, 0.3) is 17.1 Å². The molecule has 0 saturated heterocycles. The van der Waals surface area contributed by atoms with Gasteiger partial charge in [0, 0.05) is 34.2 Å². The number of thioether (sulfide) groups is 1. The highest BCUT2D eigenvalue weighted by atomic mass is 35.5. The predicted molar refractivity (Wildman–Crippen MR) is 111 cm³/mol. The van der Waals surface area contributed by atoms with E-state index in [1.54, 1.807) is 41.2 Å².